The first kappa shape index (κ1) is 18.7. The fourth-order valence-corrected chi connectivity index (χ4v) is 3.70. The Morgan fingerprint density at radius 1 is 1.27 bits per heavy atom. The first-order valence-corrected chi connectivity index (χ1v) is 9.16. The van der Waals surface area contributed by atoms with Crippen LogP contribution in [-0.2, 0) is 18.3 Å². The standard InChI is InChI=1S/C18H19F3N2O2S/c19-18(20,21)15-3-1-2-14(10-15)17(25)5-7-23(8-6-17)16(24)22-11-13-4-9-26-12-13/h1-4,9-10,12,25H,5-8,11H2,(H,22,24). The van der Waals surface area contributed by atoms with Crippen LogP contribution in [-0.4, -0.2) is 29.1 Å². The summed E-state index contributed by atoms with van der Waals surface area (Å²) >= 11 is 1.55. The SMILES string of the molecule is O=C(NCc1ccsc1)N1CCC(O)(c2cccc(C(F)(F)F)c2)CC1. The monoisotopic (exact) mass is 384 g/mol. The van der Waals surface area contributed by atoms with Gasteiger partial charge in [0.25, 0.3) is 0 Å². The van der Waals surface area contributed by atoms with Gasteiger partial charge in [0.05, 0.1) is 11.2 Å². The molecular weight excluding hydrogens is 365 g/mol. The van der Waals surface area contributed by atoms with E-state index in [2.05, 4.69) is 5.32 Å². The van der Waals surface area contributed by atoms with Crippen molar-refractivity contribution in [3.63, 3.8) is 0 Å². The summed E-state index contributed by atoms with van der Waals surface area (Å²) in [6, 6.07) is 6.47. The first-order chi connectivity index (χ1) is 12.3. The number of carbonyl (C=O) groups excluding carboxylic acids is 1. The molecule has 2 heterocycles. The van der Waals surface area contributed by atoms with Crippen LogP contribution in [0.1, 0.15) is 29.5 Å². The lowest BCUT2D eigenvalue weighted by Crippen LogP contribution is -2.48. The van der Waals surface area contributed by atoms with Gasteiger partial charge in [0.15, 0.2) is 0 Å². The van der Waals surface area contributed by atoms with Crippen LogP contribution in [0.15, 0.2) is 41.1 Å². The molecular formula is C18H19F3N2O2S. The molecule has 0 bridgehead atoms. The average Bonchev–Trinajstić information content (AvgIpc) is 3.13. The lowest BCUT2D eigenvalue weighted by Gasteiger charge is -2.38. The van der Waals surface area contributed by atoms with E-state index in [1.807, 2.05) is 16.8 Å². The number of urea groups is 1. The Balaban J connectivity index is 1.61. The highest BCUT2D eigenvalue weighted by molar-refractivity contribution is 7.07. The number of nitrogens with zero attached hydrogens (tertiary/aromatic N) is 1. The number of aliphatic hydroxyl groups is 1. The van der Waals surface area contributed by atoms with Gasteiger partial charge in [-0.25, -0.2) is 4.79 Å². The van der Waals surface area contributed by atoms with Crippen LogP contribution >= 0.6 is 11.3 Å². The Hall–Kier alpha value is -2.06. The average molecular weight is 384 g/mol. The Kier molecular flexibility index (Phi) is 5.24. The molecule has 0 radical (unpaired) electrons. The molecule has 8 heteroatoms. The van der Waals surface area contributed by atoms with Gasteiger partial charge in [0.1, 0.15) is 0 Å². The highest BCUT2D eigenvalue weighted by atomic mass is 32.1. The molecule has 140 valence electrons. The molecule has 4 nitrogen and oxygen atoms in total. The largest absolute Gasteiger partial charge is 0.416 e. The summed E-state index contributed by atoms with van der Waals surface area (Å²) in [7, 11) is 0. The van der Waals surface area contributed by atoms with Crippen molar-refractivity contribution in [2.75, 3.05) is 13.1 Å². The van der Waals surface area contributed by atoms with E-state index in [-0.39, 0.29) is 37.5 Å². The van der Waals surface area contributed by atoms with Crippen molar-refractivity contribution in [1.29, 1.82) is 0 Å². The fraction of sp³-hybridized carbons (Fsp3) is 0.389. The number of likely N-dealkylation sites (tertiary alicyclic amines) is 1. The number of alkyl halides is 3. The fourth-order valence-electron chi connectivity index (χ4n) is 3.04. The predicted octanol–water partition coefficient (Wildman–Crippen LogP) is 3.96. The van der Waals surface area contributed by atoms with E-state index in [9.17, 15) is 23.1 Å². The maximum absolute atomic E-state index is 12.9. The number of hydrogen-bond donors (Lipinski definition) is 2. The zero-order valence-electron chi connectivity index (χ0n) is 13.9. The van der Waals surface area contributed by atoms with Gasteiger partial charge in [0.2, 0.25) is 0 Å². The predicted molar refractivity (Wildman–Crippen MR) is 92.7 cm³/mol. The molecule has 0 aliphatic carbocycles. The summed E-state index contributed by atoms with van der Waals surface area (Å²) in [6.07, 6.45) is -4.06. The van der Waals surface area contributed by atoms with Gasteiger partial charge in [-0.15, -0.1) is 0 Å². The van der Waals surface area contributed by atoms with E-state index in [0.717, 1.165) is 17.7 Å². The maximum Gasteiger partial charge on any atom is 0.416 e. The van der Waals surface area contributed by atoms with Crippen LogP contribution in [0.2, 0.25) is 0 Å². The third-order valence-corrected chi connectivity index (χ3v) is 5.36. The molecule has 26 heavy (non-hydrogen) atoms. The van der Waals surface area contributed by atoms with Crippen molar-refractivity contribution in [2.45, 2.75) is 31.2 Å². The summed E-state index contributed by atoms with van der Waals surface area (Å²) < 4.78 is 38.7. The molecule has 2 amide bonds. The number of benzene rings is 1. The van der Waals surface area contributed by atoms with E-state index in [4.69, 9.17) is 0 Å². The van der Waals surface area contributed by atoms with Crippen LogP contribution < -0.4 is 5.32 Å². The molecule has 1 aromatic carbocycles. The lowest BCUT2D eigenvalue weighted by atomic mass is 9.84. The third kappa shape index (κ3) is 4.19. The van der Waals surface area contributed by atoms with Gasteiger partial charge in [-0.3, -0.25) is 0 Å². The number of amides is 2. The maximum atomic E-state index is 12.9. The Labute approximate surface area is 153 Å². The van der Waals surface area contributed by atoms with E-state index in [0.29, 0.717) is 6.54 Å². The van der Waals surface area contributed by atoms with Crippen molar-refractivity contribution in [3.8, 4) is 0 Å². The summed E-state index contributed by atoms with van der Waals surface area (Å²) in [4.78, 5) is 13.8. The molecule has 2 aromatic rings. The van der Waals surface area contributed by atoms with Gasteiger partial charge >= 0.3 is 12.2 Å². The van der Waals surface area contributed by atoms with E-state index >= 15 is 0 Å². The van der Waals surface area contributed by atoms with Crippen LogP contribution in [0.4, 0.5) is 18.0 Å². The Bertz CT molecular complexity index is 754. The highest BCUT2D eigenvalue weighted by Crippen LogP contribution is 2.36. The summed E-state index contributed by atoms with van der Waals surface area (Å²) in [5.41, 5.74) is -0.878. The molecule has 0 spiro atoms. The molecule has 1 fully saturated rings. The van der Waals surface area contributed by atoms with Gasteiger partial charge in [-0.2, -0.15) is 24.5 Å². The van der Waals surface area contributed by atoms with Crippen LogP contribution in [0.25, 0.3) is 0 Å². The molecule has 1 aromatic heterocycles. The third-order valence-electron chi connectivity index (χ3n) is 4.63. The van der Waals surface area contributed by atoms with Crippen molar-refractivity contribution in [2.24, 2.45) is 0 Å². The van der Waals surface area contributed by atoms with E-state index in [1.165, 1.54) is 12.1 Å². The summed E-state index contributed by atoms with van der Waals surface area (Å²) in [6.45, 7) is 0.987. The molecule has 1 saturated heterocycles. The van der Waals surface area contributed by atoms with E-state index in [1.54, 1.807) is 16.2 Å². The quantitative estimate of drug-likeness (QED) is 0.842. The van der Waals surface area contributed by atoms with Crippen molar-refractivity contribution >= 4 is 17.4 Å². The van der Waals surface area contributed by atoms with Crippen molar-refractivity contribution in [3.05, 3.63) is 57.8 Å². The number of carbonyl (C=O) groups is 1. The second-order valence-corrected chi connectivity index (χ2v) is 7.17. The van der Waals surface area contributed by atoms with Crippen molar-refractivity contribution in [1.82, 2.24) is 10.2 Å². The zero-order chi connectivity index (χ0) is 18.8. The number of rotatable bonds is 3. The number of piperidine rings is 1. The molecule has 0 unspecified atom stereocenters. The molecule has 0 atom stereocenters. The second-order valence-electron chi connectivity index (χ2n) is 6.39. The Morgan fingerprint density at radius 2 is 2.00 bits per heavy atom. The normalized spacial score (nSPS) is 17.2. The number of thiophene rings is 1. The minimum atomic E-state index is -4.45. The minimum absolute atomic E-state index is 0.195. The number of nitrogens with one attached hydrogen (secondary N) is 1. The highest BCUT2D eigenvalue weighted by Gasteiger charge is 2.37. The molecule has 2 N–H and O–H groups in total. The molecule has 1 aliphatic rings. The zero-order valence-corrected chi connectivity index (χ0v) is 14.7. The topological polar surface area (TPSA) is 52.6 Å². The minimum Gasteiger partial charge on any atom is -0.385 e. The van der Waals surface area contributed by atoms with Gasteiger partial charge in [0, 0.05) is 19.6 Å². The molecule has 1 aliphatic heterocycles. The summed E-state index contributed by atoms with van der Waals surface area (Å²) in [5.74, 6) is 0. The van der Waals surface area contributed by atoms with Crippen LogP contribution in [0.3, 0.4) is 0 Å². The summed E-state index contributed by atoms with van der Waals surface area (Å²) in [5, 5.41) is 17.5. The van der Waals surface area contributed by atoms with Gasteiger partial charge in [-0.1, -0.05) is 12.1 Å². The van der Waals surface area contributed by atoms with Crippen molar-refractivity contribution < 1.29 is 23.1 Å². The van der Waals surface area contributed by atoms with E-state index < -0.39 is 17.3 Å². The Morgan fingerprint density at radius 3 is 2.62 bits per heavy atom. The van der Waals surface area contributed by atoms with Crippen LogP contribution in [0, 0.1) is 0 Å². The molecule has 3 rings (SSSR count). The van der Waals surface area contributed by atoms with Gasteiger partial charge < -0.3 is 15.3 Å². The first-order valence-electron chi connectivity index (χ1n) is 8.22. The molecule has 0 saturated carbocycles. The number of halogens is 3. The lowest BCUT2D eigenvalue weighted by molar-refractivity contribution is -0.137. The van der Waals surface area contributed by atoms with Crippen LogP contribution in [0.5, 0.6) is 0 Å². The number of hydrogen-bond acceptors (Lipinski definition) is 3. The smallest absolute Gasteiger partial charge is 0.385 e. The second kappa shape index (κ2) is 7.28. The van der Waals surface area contributed by atoms with Gasteiger partial charge in [-0.05, 0) is 52.9 Å².